The van der Waals surface area contributed by atoms with Gasteiger partial charge in [0.2, 0.25) is 0 Å². The van der Waals surface area contributed by atoms with Crippen LogP contribution in [0.3, 0.4) is 0 Å². The van der Waals surface area contributed by atoms with E-state index in [1.807, 2.05) is 6.07 Å². The predicted octanol–water partition coefficient (Wildman–Crippen LogP) is 2.01. The van der Waals surface area contributed by atoms with Crippen LogP contribution in [-0.4, -0.2) is 19.1 Å². The second kappa shape index (κ2) is 5.60. The van der Waals surface area contributed by atoms with Gasteiger partial charge in [-0.3, -0.25) is 4.79 Å². The second-order valence-corrected chi connectivity index (χ2v) is 3.81. The average molecular weight is 273 g/mol. The van der Waals surface area contributed by atoms with Gasteiger partial charge in [-0.2, -0.15) is 0 Å². The summed E-state index contributed by atoms with van der Waals surface area (Å²) < 4.78 is 5.68. The summed E-state index contributed by atoms with van der Waals surface area (Å²) in [5, 5.41) is 2.90. The molecule has 0 aromatic heterocycles. The Morgan fingerprint density at radius 1 is 1.60 bits per heavy atom. The van der Waals surface area contributed by atoms with Gasteiger partial charge in [-0.05, 0) is 25.1 Å². The van der Waals surface area contributed by atoms with Crippen LogP contribution in [0.25, 0.3) is 0 Å². The van der Waals surface area contributed by atoms with Crippen molar-refractivity contribution in [2.24, 2.45) is 0 Å². The number of carbonyl (C=O) groups excluding carboxylic acids is 1. The molecular weight excluding hydrogens is 260 g/mol. The van der Waals surface area contributed by atoms with Crippen LogP contribution in [0.15, 0.2) is 22.7 Å². The van der Waals surface area contributed by atoms with Crippen molar-refractivity contribution in [3.05, 3.63) is 22.7 Å². The van der Waals surface area contributed by atoms with Crippen molar-refractivity contribution in [2.45, 2.75) is 6.92 Å². The molecule has 0 spiro atoms. The average Bonchev–Trinajstić information content (AvgIpc) is 2.17. The number of anilines is 2. The minimum absolute atomic E-state index is 0.125. The smallest absolute Gasteiger partial charge is 0.325 e. The van der Waals surface area contributed by atoms with Gasteiger partial charge < -0.3 is 15.8 Å². The number of benzene rings is 1. The van der Waals surface area contributed by atoms with Crippen molar-refractivity contribution < 1.29 is 9.53 Å². The van der Waals surface area contributed by atoms with Gasteiger partial charge in [-0.1, -0.05) is 15.9 Å². The van der Waals surface area contributed by atoms with E-state index in [4.69, 9.17) is 10.5 Å². The number of nitrogens with two attached hydrogens (primary N) is 1. The van der Waals surface area contributed by atoms with Gasteiger partial charge in [-0.15, -0.1) is 0 Å². The molecule has 15 heavy (non-hydrogen) atoms. The van der Waals surface area contributed by atoms with E-state index in [0.717, 1.165) is 10.2 Å². The van der Waals surface area contributed by atoms with Gasteiger partial charge in [0.1, 0.15) is 6.54 Å². The van der Waals surface area contributed by atoms with Gasteiger partial charge in [0, 0.05) is 4.47 Å². The molecule has 1 rings (SSSR count). The van der Waals surface area contributed by atoms with Crippen LogP contribution in [-0.2, 0) is 9.53 Å². The highest BCUT2D eigenvalue weighted by atomic mass is 79.9. The molecule has 0 bridgehead atoms. The Morgan fingerprint density at radius 2 is 2.33 bits per heavy atom. The molecule has 0 amide bonds. The lowest BCUT2D eigenvalue weighted by Gasteiger charge is -2.08. The normalized spacial score (nSPS) is 9.73. The highest BCUT2D eigenvalue weighted by Gasteiger charge is 2.03. The number of esters is 1. The minimum atomic E-state index is -0.292. The zero-order chi connectivity index (χ0) is 11.3. The van der Waals surface area contributed by atoms with Crippen molar-refractivity contribution >= 4 is 33.3 Å². The summed E-state index contributed by atoms with van der Waals surface area (Å²) in [6.45, 7) is 2.28. The lowest BCUT2D eigenvalue weighted by atomic mass is 10.3. The van der Waals surface area contributed by atoms with Crippen LogP contribution in [0.1, 0.15) is 6.92 Å². The molecule has 0 atom stereocenters. The topological polar surface area (TPSA) is 64.3 Å². The highest BCUT2D eigenvalue weighted by Crippen LogP contribution is 2.22. The number of ether oxygens (including phenoxy) is 1. The van der Waals surface area contributed by atoms with Crippen LogP contribution in [0, 0.1) is 0 Å². The van der Waals surface area contributed by atoms with Crippen molar-refractivity contribution in [1.82, 2.24) is 0 Å². The third-order valence-electron chi connectivity index (χ3n) is 1.74. The Morgan fingerprint density at radius 3 is 2.93 bits per heavy atom. The first-order chi connectivity index (χ1) is 7.13. The standard InChI is InChI=1S/C10H13BrN2O2/c1-2-15-10(14)6-13-9-4-3-7(11)5-8(9)12/h3-5,13H,2,6,12H2,1H3. The Labute approximate surface area is 96.9 Å². The molecule has 1 aromatic carbocycles. The third-order valence-corrected chi connectivity index (χ3v) is 2.24. The first-order valence-corrected chi connectivity index (χ1v) is 5.37. The van der Waals surface area contributed by atoms with Gasteiger partial charge in [0.05, 0.1) is 18.0 Å². The summed E-state index contributed by atoms with van der Waals surface area (Å²) in [4.78, 5) is 11.1. The van der Waals surface area contributed by atoms with Crippen LogP contribution in [0.2, 0.25) is 0 Å². The van der Waals surface area contributed by atoms with E-state index in [2.05, 4.69) is 21.2 Å². The summed E-state index contributed by atoms with van der Waals surface area (Å²) in [5.74, 6) is -0.292. The molecule has 0 heterocycles. The van der Waals surface area contributed by atoms with Crippen LogP contribution in [0.5, 0.6) is 0 Å². The molecule has 0 aliphatic rings. The van der Waals surface area contributed by atoms with Crippen molar-refractivity contribution in [3.8, 4) is 0 Å². The van der Waals surface area contributed by atoms with Crippen molar-refractivity contribution in [3.63, 3.8) is 0 Å². The van der Waals surface area contributed by atoms with Gasteiger partial charge in [0.15, 0.2) is 0 Å². The number of carbonyl (C=O) groups is 1. The highest BCUT2D eigenvalue weighted by molar-refractivity contribution is 9.10. The number of rotatable bonds is 4. The first kappa shape index (κ1) is 11.8. The van der Waals surface area contributed by atoms with E-state index in [1.165, 1.54) is 0 Å². The quantitative estimate of drug-likeness (QED) is 0.650. The van der Waals surface area contributed by atoms with E-state index < -0.39 is 0 Å². The first-order valence-electron chi connectivity index (χ1n) is 4.58. The second-order valence-electron chi connectivity index (χ2n) is 2.89. The molecule has 3 N–H and O–H groups in total. The lowest BCUT2D eigenvalue weighted by Crippen LogP contribution is -2.17. The molecular formula is C10H13BrN2O2. The molecule has 0 unspecified atom stereocenters. The molecule has 0 aliphatic heterocycles. The Balaban J connectivity index is 2.54. The van der Waals surface area contributed by atoms with Crippen LogP contribution in [0.4, 0.5) is 11.4 Å². The largest absolute Gasteiger partial charge is 0.465 e. The van der Waals surface area contributed by atoms with Crippen LogP contribution >= 0.6 is 15.9 Å². The van der Waals surface area contributed by atoms with E-state index in [-0.39, 0.29) is 12.5 Å². The maximum Gasteiger partial charge on any atom is 0.325 e. The molecule has 82 valence electrons. The molecule has 4 nitrogen and oxygen atoms in total. The third kappa shape index (κ3) is 3.79. The maximum absolute atomic E-state index is 11.1. The fraction of sp³-hybridized carbons (Fsp3) is 0.300. The number of nitrogens with one attached hydrogen (secondary N) is 1. The van der Waals surface area contributed by atoms with E-state index in [0.29, 0.717) is 12.3 Å². The van der Waals surface area contributed by atoms with E-state index in [9.17, 15) is 4.79 Å². The predicted molar refractivity (Wildman–Crippen MR) is 63.7 cm³/mol. The fourth-order valence-corrected chi connectivity index (χ4v) is 1.45. The monoisotopic (exact) mass is 272 g/mol. The molecule has 5 heteroatoms. The van der Waals surface area contributed by atoms with Crippen molar-refractivity contribution in [1.29, 1.82) is 0 Å². The number of nitrogen functional groups attached to an aromatic ring is 1. The summed E-state index contributed by atoms with van der Waals surface area (Å²) in [5.41, 5.74) is 7.06. The maximum atomic E-state index is 11.1. The molecule has 0 radical (unpaired) electrons. The molecule has 0 aliphatic carbocycles. The summed E-state index contributed by atoms with van der Waals surface area (Å²) >= 11 is 3.30. The van der Waals surface area contributed by atoms with E-state index >= 15 is 0 Å². The summed E-state index contributed by atoms with van der Waals surface area (Å²) in [6.07, 6.45) is 0. The molecule has 1 aromatic rings. The Kier molecular flexibility index (Phi) is 4.42. The number of halogens is 1. The Hall–Kier alpha value is -1.23. The van der Waals surface area contributed by atoms with Gasteiger partial charge >= 0.3 is 5.97 Å². The van der Waals surface area contributed by atoms with Crippen LogP contribution < -0.4 is 11.1 Å². The Bertz CT molecular complexity index is 355. The van der Waals surface area contributed by atoms with Gasteiger partial charge in [0.25, 0.3) is 0 Å². The molecule has 0 saturated carbocycles. The zero-order valence-electron chi connectivity index (χ0n) is 8.42. The zero-order valence-corrected chi connectivity index (χ0v) is 10.0. The lowest BCUT2D eigenvalue weighted by molar-refractivity contribution is -0.140. The SMILES string of the molecule is CCOC(=O)CNc1ccc(Br)cc1N. The number of hydrogen-bond donors (Lipinski definition) is 2. The van der Waals surface area contributed by atoms with Crippen molar-refractivity contribution in [2.75, 3.05) is 24.2 Å². The fourth-order valence-electron chi connectivity index (χ4n) is 1.07. The molecule has 0 fully saturated rings. The summed E-state index contributed by atoms with van der Waals surface area (Å²) in [6, 6.07) is 5.43. The minimum Gasteiger partial charge on any atom is -0.465 e. The molecule has 0 saturated heterocycles. The number of hydrogen-bond acceptors (Lipinski definition) is 4. The summed E-state index contributed by atoms with van der Waals surface area (Å²) in [7, 11) is 0. The van der Waals surface area contributed by atoms with Gasteiger partial charge in [-0.25, -0.2) is 0 Å². The van der Waals surface area contributed by atoms with E-state index in [1.54, 1.807) is 19.1 Å².